The van der Waals surface area contributed by atoms with E-state index in [2.05, 4.69) is 4.90 Å². The first kappa shape index (κ1) is 23.2. The summed E-state index contributed by atoms with van der Waals surface area (Å²) < 4.78 is 57.8. The Bertz CT molecular complexity index is 1150. The number of nitrogens with zero attached hydrogens (tertiary/aromatic N) is 2. The Balaban J connectivity index is 1.45. The molecule has 4 rings (SSSR count). The highest BCUT2D eigenvalue weighted by Gasteiger charge is 2.43. The van der Waals surface area contributed by atoms with Crippen molar-refractivity contribution in [1.82, 2.24) is 9.21 Å². The Labute approximate surface area is 191 Å². The van der Waals surface area contributed by atoms with Crippen LogP contribution in [0.5, 0.6) is 5.75 Å². The van der Waals surface area contributed by atoms with Crippen LogP contribution in [0.2, 0.25) is 0 Å². The molecule has 0 aromatic heterocycles. The van der Waals surface area contributed by atoms with Gasteiger partial charge in [-0.15, -0.1) is 0 Å². The van der Waals surface area contributed by atoms with Crippen molar-refractivity contribution >= 4 is 19.9 Å². The Morgan fingerprint density at radius 2 is 1.56 bits per heavy atom. The lowest BCUT2D eigenvalue weighted by atomic mass is 10.0. The molecule has 0 radical (unpaired) electrons. The summed E-state index contributed by atoms with van der Waals surface area (Å²) in [7, 11) is -5.44. The summed E-state index contributed by atoms with van der Waals surface area (Å²) in [6, 6.07) is 14.0. The predicted octanol–water partition coefficient (Wildman–Crippen LogP) is 2.92. The van der Waals surface area contributed by atoms with Gasteiger partial charge in [0, 0.05) is 38.0 Å². The number of rotatable bonds is 8. The molecule has 2 aromatic rings. The van der Waals surface area contributed by atoms with E-state index in [-0.39, 0.29) is 17.0 Å². The van der Waals surface area contributed by atoms with Gasteiger partial charge >= 0.3 is 0 Å². The van der Waals surface area contributed by atoms with Gasteiger partial charge in [-0.05, 0) is 55.5 Å². The van der Waals surface area contributed by atoms with Crippen molar-refractivity contribution in [2.24, 2.45) is 0 Å². The highest BCUT2D eigenvalue weighted by Crippen LogP contribution is 2.37. The Morgan fingerprint density at radius 3 is 2.12 bits per heavy atom. The zero-order chi connectivity index (χ0) is 22.9. The van der Waals surface area contributed by atoms with Crippen LogP contribution in [0.15, 0.2) is 58.3 Å². The number of methoxy groups -OCH3 is 1. The van der Waals surface area contributed by atoms with Gasteiger partial charge in [0.1, 0.15) is 10.6 Å². The molecule has 0 bridgehead atoms. The number of likely N-dealkylation sites (tertiary alicyclic amines) is 1. The second kappa shape index (κ2) is 9.13. The summed E-state index contributed by atoms with van der Waals surface area (Å²) in [4.78, 5) is 2.81. The zero-order valence-corrected chi connectivity index (χ0v) is 20.1. The maximum Gasteiger partial charge on any atom is 0.243 e. The summed E-state index contributed by atoms with van der Waals surface area (Å²) in [5, 5.41) is 0. The molecule has 9 heteroatoms. The smallest absolute Gasteiger partial charge is 0.243 e. The molecule has 32 heavy (non-hydrogen) atoms. The molecule has 7 nitrogen and oxygen atoms in total. The number of sulfonamides is 1. The molecule has 1 saturated heterocycles. The molecule has 1 aliphatic carbocycles. The fourth-order valence-electron chi connectivity index (χ4n) is 4.43. The van der Waals surface area contributed by atoms with Gasteiger partial charge in [0.2, 0.25) is 10.0 Å². The summed E-state index contributed by atoms with van der Waals surface area (Å²) in [5.74, 6) is 0.348. The van der Waals surface area contributed by atoms with Gasteiger partial charge in [0.25, 0.3) is 0 Å². The lowest BCUT2D eigenvalue weighted by molar-refractivity contribution is 0.150. The largest absolute Gasteiger partial charge is 0.495 e. The normalized spacial score (nSPS) is 18.7. The summed E-state index contributed by atoms with van der Waals surface area (Å²) >= 11 is 0. The van der Waals surface area contributed by atoms with E-state index in [9.17, 15) is 16.8 Å². The SMILES string of the molecule is COc1ccc(CN2CCC(N(C3CC3)S(=O)(=O)c3ccccc3)CC2)cc1S(C)(=O)=O. The average Bonchev–Trinajstić information content (AvgIpc) is 3.60. The first-order valence-corrected chi connectivity index (χ1v) is 14.2. The molecule has 0 amide bonds. The maximum atomic E-state index is 13.3. The Hall–Kier alpha value is -1.94. The van der Waals surface area contributed by atoms with Crippen molar-refractivity contribution in [2.45, 2.75) is 54.1 Å². The van der Waals surface area contributed by atoms with Crippen molar-refractivity contribution in [3.05, 3.63) is 54.1 Å². The molecule has 0 atom stereocenters. The van der Waals surface area contributed by atoms with Gasteiger partial charge in [-0.2, -0.15) is 4.31 Å². The molecule has 1 heterocycles. The van der Waals surface area contributed by atoms with Crippen LogP contribution in [0.1, 0.15) is 31.2 Å². The third-order valence-electron chi connectivity index (χ3n) is 6.18. The van der Waals surface area contributed by atoms with E-state index in [1.807, 2.05) is 12.1 Å². The second-order valence-corrected chi connectivity index (χ2v) is 12.5. The number of benzene rings is 2. The number of hydrogen-bond donors (Lipinski definition) is 0. The van der Waals surface area contributed by atoms with E-state index in [0.717, 1.165) is 44.3 Å². The minimum absolute atomic E-state index is 0.00796. The molecule has 0 unspecified atom stereocenters. The molecular formula is C23H30N2O5S2. The van der Waals surface area contributed by atoms with Crippen LogP contribution < -0.4 is 4.74 Å². The monoisotopic (exact) mass is 478 g/mol. The highest BCUT2D eigenvalue weighted by molar-refractivity contribution is 7.90. The standard InChI is InChI=1S/C23H30N2O5S2/c1-30-22-11-8-18(16-23(22)31(2,26)27)17-24-14-12-20(13-15-24)25(19-9-10-19)32(28,29)21-6-4-3-5-7-21/h3-8,11,16,19-20H,9-10,12-15,17H2,1-2H3. The van der Waals surface area contributed by atoms with Crippen molar-refractivity contribution in [2.75, 3.05) is 26.5 Å². The number of piperidine rings is 1. The molecular weight excluding hydrogens is 448 g/mol. The predicted molar refractivity (Wildman–Crippen MR) is 123 cm³/mol. The van der Waals surface area contributed by atoms with E-state index in [0.29, 0.717) is 17.2 Å². The molecule has 174 valence electrons. The first-order valence-electron chi connectivity index (χ1n) is 10.9. The minimum Gasteiger partial charge on any atom is -0.495 e. The van der Waals surface area contributed by atoms with E-state index in [1.165, 1.54) is 13.4 Å². The molecule has 1 saturated carbocycles. The van der Waals surface area contributed by atoms with Crippen LogP contribution in [0.3, 0.4) is 0 Å². The number of hydrogen-bond acceptors (Lipinski definition) is 6. The Kier molecular flexibility index (Phi) is 6.63. The van der Waals surface area contributed by atoms with Crippen LogP contribution >= 0.6 is 0 Å². The molecule has 2 aliphatic rings. The van der Waals surface area contributed by atoms with Crippen molar-refractivity contribution < 1.29 is 21.6 Å². The topological polar surface area (TPSA) is 84.0 Å². The molecule has 0 spiro atoms. The van der Waals surface area contributed by atoms with Crippen LogP contribution in [-0.4, -0.2) is 64.6 Å². The summed E-state index contributed by atoms with van der Waals surface area (Å²) in [6.45, 7) is 2.14. The third kappa shape index (κ3) is 5.01. The number of ether oxygens (including phenoxy) is 1. The molecule has 2 fully saturated rings. The lowest BCUT2D eigenvalue weighted by Crippen LogP contribution is -2.48. The second-order valence-electron chi connectivity index (χ2n) is 8.64. The Morgan fingerprint density at radius 1 is 0.938 bits per heavy atom. The van der Waals surface area contributed by atoms with Crippen molar-refractivity contribution in [3.63, 3.8) is 0 Å². The van der Waals surface area contributed by atoms with Gasteiger partial charge in [-0.1, -0.05) is 24.3 Å². The van der Waals surface area contributed by atoms with E-state index in [4.69, 9.17) is 4.74 Å². The fourth-order valence-corrected chi connectivity index (χ4v) is 7.27. The van der Waals surface area contributed by atoms with E-state index < -0.39 is 19.9 Å². The van der Waals surface area contributed by atoms with Crippen LogP contribution in [0.25, 0.3) is 0 Å². The zero-order valence-electron chi connectivity index (χ0n) is 18.5. The van der Waals surface area contributed by atoms with Crippen molar-refractivity contribution in [3.8, 4) is 5.75 Å². The number of sulfone groups is 1. The van der Waals surface area contributed by atoms with Crippen molar-refractivity contribution in [1.29, 1.82) is 0 Å². The molecule has 0 N–H and O–H groups in total. The third-order valence-corrected chi connectivity index (χ3v) is 9.31. The van der Waals surface area contributed by atoms with Gasteiger partial charge in [0.15, 0.2) is 9.84 Å². The average molecular weight is 479 g/mol. The molecule has 1 aliphatic heterocycles. The highest BCUT2D eigenvalue weighted by atomic mass is 32.2. The summed E-state index contributed by atoms with van der Waals surface area (Å²) in [5.41, 5.74) is 0.903. The van der Waals surface area contributed by atoms with Gasteiger partial charge in [0.05, 0.1) is 12.0 Å². The van der Waals surface area contributed by atoms with E-state index in [1.54, 1.807) is 40.7 Å². The van der Waals surface area contributed by atoms with Crippen LogP contribution in [-0.2, 0) is 26.4 Å². The summed E-state index contributed by atoms with van der Waals surface area (Å²) in [6.07, 6.45) is 4.55. The van der Waals surface area contributed by atoms with Gasteiger partial charge in [-0.3, -0.25) is 4.90 Å². The molecule has 2 aromatic carbocycles. The lowest BCUT2D eigenvalue weighted by Gasteiger charge is -2.38. The van der Waals surface area contributed by atoms with E-state index >= 15 is 0 Å². The van der Waals surface area contributed by atoms with Gasteiger partial charge < -0.3 is 4.74 Å². The fraction of sp³-hybridized carbons (Fsp3) is 0.478. The maximum absolute atomic E-state index is 13.3. The minimum atomic E-state index is -3.51. The quantitative estimate of drug-likeness (QED) is 0.580. The van der Waals surface area contributed by atoms with Crippen LogP contribution in [0.4, 0.5) is 0 Å². The first-order chi connectivity index (χ1) is 15.2. The van der Waals surface area contributed by atoms with Gasteiger partial charge in [-0.25, -0.2) is 16.8 Å². The van der Waals surface area contributed by atoms with Crippen LogP contribution in [0, 0.1) is 0 Å².